The lowest BCUT2D eigenvalue weighted by molar-refractivity contribution is -0.0527. The molecule has 0 unspecified atom stereocenters. The topological polar surface area (TPSA) is 30.5 Å². The maximum absolute atomic E-state index is 12.2. The van der Waals surface area contributed by atoms with E-state index in [2.05, 4.69) is 18.3 Å². The number of alkyl halides is 1. The van der Waals surface area contributed by atoms with Gasteiger partial charge in [0.15, 0.2) is 0 Å². The third-order valence-electron chi connectivity index (χ3n) is 3.99. The molecule has 2 heterocycles. The highest BCUT2D eigenvalue weighted by atomic mass is 35.5. The molecule has 3 rings (SSSR count). The number of nitrogens with one attached hydrogen (secondary N) is 1. The standard InChI is InChI=1S/C14H18FNO2.ClH/c1-14-9-16-7-12(14)10-3-2-4-13(17-6-5-15)11(10)8-18-14;/h2-4,12,16H,5-9H2,1H3;1H/t12-,14-;/m0./s1. The molecule has 3 nitrogen and oxygen atoms in total. The Hall–Kier alpha value is -0.840. The molecule has 5 heteroatoms. The molecule has 2 aliphatic rings. The highest BCUT2D eigenvalue weighted by Crippen LogP contribution is 2.43. The second-order valence-corrected chi connectivity index (χ2v) is 5.15. The van der Waals surface area contributed by atoms with E-state index in [1.54, 1.807) is 0 Å². The van der Waals surface area contributed by atoms with Crippen LogP contribution in [0.15, 0.2) is 18.2 Å². The van der Waals surface area contributed by atoms with Crippen molar-refractivity contribution in [3.63, 3.8) is 0 Å². The predicted molar refractivity (Wildman–Crippen MR) is 74.0 cm³/mol. The van der Waals surface area contributed by atoms with Crippen molar-refractivity contribution in [1.82, 2.24) is 5.32 Å². The summed E-state index contributed by atoms with van der Waals surface area (Å²) in [5.41, 5.74) is 2.24. The van der Waals surface area contributed by atoms with Crippen molar-refractivity contribution < 1.29 is 13.9 Å². The molecular formula is C14H19ClFNO2. The van der Waals surface area contributed by atoms with Crippen molar-refractivity contribution in [3.8, 4) is 5.75 Å². The zero-order valence-electron chi connectivity index (χ0n) is 10.9. The minimum atomic E-state index is -0.465. The minimum absolute atomic E-state index is 0. The van der Waals surface area contributed by atoms with Crippen LogP contribution in [0.1, 0.15) is 24.0 Å². The molecule has 0 spiro atoms. The van der Waals surface area contributed by atoms with Gasteiger partial charge in [-0.15, -0.1) is 12.4 Å². The molecule has 1 aromatic carbocycles. The molecule has 1 N–H and O–H groups in total. The molecule has 0 aromatic heterocycles. The maximum Gasteiger partial charge on any atom is 0.125 e. The molecule has 2 atom stereocenters. The monoisotopic (exact) mass is 287 g/mol. The number of ether oxygens (including phenoxy) is 2. The van der Waals surface area contributed by atoms with Gasteiger partial charge >= 0.3 is 0 Å². The minimum Gasteiger partial charge on any atom is -0.490 e. The fourth-order valence-corrected chi connectivity index (χ4v) is 2.98. The van der Waals surface area contributed by atoms with E-state index in [9.17, 15) is 4.39 Å². The van der Waals surface area contributed by atoms with E-state index in [1.165, 1.54) is 5.56 Å². The average molecular weight is 288 g/mol. The van der Waals surface area contributed by atoms with E-state index >= 15 is 0 Å². The van der Waals surface area contributed by atoms with Gasteiger partial charge in [0, 0.05) is 24.6 Å². The van der Waals surface area contributed by atoms with Crippen molar-refractivity contribution in [2.24, 2.45) is 0 Å². The van der Waals surface area contributed by atoms with Gasteiger partial charge in [-0.25, -0.2) is 4.39 Å². The summed E-state index contributed by atoms with van der Waals surface area (Å²) in [6.45, 7) is 4.15. The van der Waals surface area contributed by atoms with E-state index in [1.807, 2.05) is 12.1 Å². The summed E-state index contributed by atoms with van der Waals surface area (Å²) in [7, 11) is 0. The smallest absolute Gasteiger partial charge is 0.125 e. The molecule has 1 aromatic rings. The number of hydrogen-bond donors (Lipinski definition) is 1. The van der Waals surface area contributed by atoms with Crippen LogP contribution in [0.2, 0.25) is 0 Å². The lowest BCUT2D eigenvalue weighted by Crippen LogP contribution is -2.39. The third-order valence-corrected chi connectivity index (χ3v) is 3.99. The van der Waals surface area contributed by atoms with Gasteiger partial charge in [0.25, 0.3) is 0 Å². The largest absolute Gasteiger partial charge is 0.490 e. The SMILES string of the molecule is C[C@]12CNC[C@H]1c1cccc(OCCF)c1CO2.Cl. The van der Waals surface area contributed by atoms with Gasteiger partial charge in [-0.2, -0.15) is 0 Å². The quantitative estimate of drug-likeness (QED) is 0.926. The Morgan fingerprint density at radius 1 is 1.53 bits per heavy atom. The van der Waals surface area contributed by atoms with Crippen molar-refractivity contribution in [2.75, 3.05) is 26.4 Å². The van der Waals surface area contributed by atoms with Crippen LogP contribution in [0, 0.1) is 0 Å². The Morgan fingerprint density at radius 2 is 2.37 bits per heavy atom. The Bertz CT molecular complexity index is 457. The first-order valence-corrected chi connectivity index (χ1v) is 6.40. The first kappa shape index (κ1) is 14.6. The second-order valence-electron chi connectivity index (χ2n) is 5.15. The number of benzene rings is 1. The van der Waals surface area contributed by atoms with E-state index in [0.717, 1.165) is 24.4 Å². The summed E-state index contributed by atoms with van der Waals surface area (Å²) in [6, 6.07) is 6.01. The van der Waals surface area contributed by atoms with Crippen LogP contribution in [-0.2, 0) is 11.3 Å². The molecule has 0 amide bonds. The van der Waals surface area contributed by atoms with Crippen LogP contribution in [0.3, 0.4) is 0 Å². The zero-order valence-corrected chi connectivity index (χ0v) is 11.8. The molecule has 1 fully saturated rings. The molecule has 0 saturated carbocycles. The molecule has 0 aliphatic carbocycles. The number of rotatable bonds is 3. The highest BCUT2D eigenvalue weighted by Gasteiger charge is 2.45. The molecule has 106 valence electrons. The summed E-state index contributed by atoms with van der Waals surface area (Å²) in [5.74, 6) is 1.12. The molecule has 0 bridgehead atoms. The Balaban J connectivity index is 0.00000133. The average Bonchev–Trinajstić information content (AvgIpc) is 2.78. The van der Waals surface area contributed by atoms with Gasteiger partial charge in [-0.1, -0.05) is 12.1 Å². The molecule has 2 aliphatic heterocycles. The van der Waals surface area contributed by atoms with Crippen molar-refractivity contribution in [3.05, 3.63) is 29.3 Å². The van der Waals surface area contributed by atoms with Gasteiger partial charge in [-0.05, 0) is 18.6 Å². The fraction of sp³-hybridized carbons (Fsp3) is 0.571. The lowest BCUT2D eigenvalue weighted by Gasteiger charge is -2.37. The second kappa shape index (κ2) is 5.65. The summed E-state index contributed by atoms with van der Waals surface area (Å²) in [6.07, 6.45) is 0. The van der Waals surface area contributed by atoms with Gasteiger partial charge in [0.2, 0.25) is 0 Å². The summed E-state index contributed by atoms with van der Waals surface area (Å²) < 4.78 is 23.7. The zero-order chi connectivity index (χ0) is 12.6. The van der Waals surface area contributed by atoms with Crippen LogP contribution in [0.5, 0.6) is 5.75 Å². The summed E-state index contributed by atoms with van der Waals surface area (Å²) >= 11 is 0. The van der Waals surface area contributed by atoms with E-state index < -0.39 is 6.67 Å². The van der Waals surface area contributed by atoms with Crippen LogP contribution in [0.25, 0.3) is 0 Å². The summed E-state index contributed by atoms with van der Waals surface area (Å²) in [4.78, 5) is 0. The molecule has 1 saturated heterocycles. The van der Waals surface area contributed by atoms with Gasteiger partial charge in [0.1, 0.15) is 19.0 Å². The van der Waals surface area contributed by atoms with E-state index in [4.69, 9.17) is 9.47 Å². The van der Waals surface area contributed by atoms with E-state index in [-0.39, 0.29) is 24.6 Å². The normalized spacial score (nSPS) is 28.2. The van der Waals surface area contributed by atoms with Gasteiger partial charge < -0.3 is 14.8 Å². The fourth-order valence-electron chi connectivity index (χ4n) is 2.98. The van der Waals surface area contributed by atoms with Crippen molar-refractivity contribution in [1.29, 1.82) is 0 Å². The Morgan fingerprint density at radius 3 is 3.16 bits per heavy atom. The number of hydrogen-bond acceptors (Lipinski definition) is 3. The summed E-state index contributed by atoms with van der Waals surface area (Å²) in [5, 5.41) is 3.38. The van der Waals surface area contributed by atoms with Crippen LogP contribution >= 0.6 is 12.4 Å². The Labute approximate surface area is 118 Å². The molecule has 0 radical (unpaired) electrons. The van der Waals surface area contributed by atoms with Gasteiger partial charge in [-0.3, -0.25) is 0 Å². The predicted octanol–water partition coefficient (Wildman–Crippen LogP) is 2.43. The van der Waals surface area contributed by atoms with Crippen LogP contribution in [0.4, 0.5) is 4.39 Å². The van der Waals surface area contributed by atoms with Crippen LogP contribution < -0.4 is 10.1 Å². The van der Waals surface area contributed by atoms with Crippen molar-refractivity contribution in [2.45, 2.75) is 25.0 Å². The number of halogens is 2. The van der Waals surface area contributed by atoms with E-state index in [0.29, 0.717) is 12.5 Å². The Kier molecular flexibility index (Phi) is 4.33. The van der Waals surface area contributed by atoms with Crippen LogP contribution in [-0.4, -0.2) is 32.0 Å². The molecule has 19 heavy (non-hydrogen) atoms. The first-order chi connectivity index (χ1) is 8.74. The third kappa shape index (κ3) is 2.45. The first-order valence-electron chi connectivity index (χ1n) is 6.40. The highest BCUT2D eigenvalue weighted by molar-refractivity contribution is 5.85. The lowest BCUT2D eigenvalue weighted by atomic mass is 9.81. The van der Waals surface area contributed by atoms with Crippen molar-refractivity contribution >= 4 is 12.4 Å². The molecular weight excluding hydrogens is 269 g/mol. The van der Waals surface area contributed by atoms with Gasteiger partial charge in [0.05, 0.1) is 12.2 Å². The maximum atomic E-state index is 12.2. The number of fused-ring (bicyclic) bond motifs is 3.